The van der Waals surface area contributed by atoms with Crippen LogP contribution >= 0.6 is 11.6 Å². The molecule has 0 aliphatic carbocycles. The van der Waals surface area contributed by atoms with E-state index < -0.39 is 0 Å². The van der Waals surface area contributed by atoms with E-state index in [0.717, 1.165) is 12.8 Å². The Kier molecular flexibility index (Phi) is 4.43. The summed E-state index contributed by atoms with van der Waals surface area (Å²) in [6.45, 7) is 2.05. The van der Waals surface area contributed by atoms with Crippen molar-refractivity contribution in [3.63, 3.8) is 0 Å². The van der Waals surface area contributed by atoms with E-state index in [0.29, 0.717) is 22.7 Å². The fourth-order valence-corrected chi connectivity index (χ4v) is 1.49. The Balaban J connectivity index is 2.96. The Labute approximate surface area is 94.0 Å². The SMILES string of the molecule is CCCCC(=NO)c1cc(Cl)ccc1O. The summed E-state index contributed by atoms with van der Waals surface area (Å²) in [5.74, 6) is 0.0864. The normalized spacial score (nSPS) is 11.7. The van der Waals surface area contributed by atoms with Gasteiger partial charge < -0.3 is 10.3 Å². The first-order valence-corrected chi connectivity index (χ1v) is 5.26. The van der Waals surface area contributed by atoms with Crippen LogP contribution in [-0.2, 0) is 0 Å². The fourth-order valence-electron chi connectivity index (χ4n) is 1.32. The first-order valence-electron chi connectivity index (χ1n) is 4.88. The minimum atomic E-state index is 0.0864. The number of rotatable bonds is 4. The highest BCUT2D eigenvalue weighted by molar-refractivity contribution is 6.31. The molecule has 0 aliphatic rings. The molecule has 3 nitrogen and oxygen atoms in total. The van der Waals surface area contributed by atoms with Gasteiger partial charge >= 0.3 is 0 Å². The van der Waals surface area contributed by atoms with Crippen molar-refractivity contribution in [2.45, 2.75) is 26.2 Å². The van der Waals surface area contributed by atoms with Crippen molar-refractivity contribution in [1.82, 2.24) is 0 Å². The van der Waals surface area contributed by atoms with Gasteiger partial charge in [0.1, 0.15) is 5.75 Å². The number of halogens is 1. The number of benzene rings is 1. The van der Waals surface area contributed by atoms with E-state index in [1.54, 1.807) is 12.1 Å². The zero-order valence-electron chi connectivity index (χ0n) is 8.57. The molecule has 0 saturated carbocycles. The molecule has 1 aromatic rings. The van der Waals surface area contributed by atoms with Crippen molar-refractivity contribution in [2.75, 3.05) is 0 Å². The molecule has 4 heteroatoms. The van der Waals surface area contributed by atoms with Crippen molar-refractivity contribution < 1.29 is 10.3 Å². The van der Waals surface area contributed by atoms with Crippen LogP contribution in [0.4, 0.5) is 0 Å². The highest BCUT2D eigenvalue weighted by Crippen LogP contribution is 2.23. The van der Waals surface area contributed by atoms with Gasteiger partial charge in [0.05, 0.1) is 5.71 Å². The largest absolute Gasteiger partial charge is 0.507 e. The van der Waals surface area contributed by atoms with Gasteiger partial charge in [-0.1, -0.05) is 30.1 Å². The van der Waals surface area contributed by atoms with E-state index >= 15 is 0 Å². The van der Waals surface area contributed by atoms with E-state index in [1.165, 1.54) is 6.07 Å². The molecule has 0 fully saturated rings. The van der Waals surface area contributed by atoms with E-state index in [-0.39, 0.29) is 5.75 Å². The molecule has 0 atom stereocenters. The Morgan fingerprint density at radius 3 is 2.80 bits per heavy atom. The molecule has 1 rings (SSSR count). The topological polar surface area (TPSA) is 52.8 Å². The lowest BCUT2D eigenvalue weighted by Crippen LogP contribution is -2.01. The Morgan fingerprint density at radius 1 is 1.47 bits per heavy atom. The molecule has 0 amide bonds. The first kappa shape index (κ1) is 11.9. The van der Waals surface area contributed by atoms with Crippen LogP contribution in [0.3, 0.4) is 0 Å². The molecular weight excluding hydrogens is 214 g/mol. The summed E-state index contributed by atoms with van der Waals surface area (Å²) in [5, 5.41) is 22.2. The second-order valence-electron chi connectivity index (χ2n) is 3.31. The van der Waals surface area contributed by atoms with Crippen molar-refractivity contribution >= 4 is 17.3 Å². The number of hydrogen-bond donors (Lipinski definition) is 2. The van der Waals surface area contributed by atoms with Crippen LogP contribution in [0, 0.1) is 0 Å². The molecule has 0 heterocycles. The summed E-state index contributed by atoms with van der Waals surface area (Å²) in [6.07, 6.45) is 2.53. The third-order valence-corrected chi connectivity index (χ3v) is 2.39. The van der Waals surface area contributed by atoms with Crippen LogP contribution in [0.1, 0.15) is 31.7 Å². The average Bonchev–Trinajstić information content (AvgIpc) is 2.24. The van der Waals surface area contributed by atoms with E-state index in [9.17, 15) is 5.11 Å². The average molecular weight is 228 g/mol. The molecule has 2 N–H and O–H groups in total. The molecule has 82 valence electrons. The molecule has 0 unspecified atom stereocenters. The fraction of sp³-hybridized carbons (Fsp3) is 0.364. The third kappa shape index (κ3) is 3.13. The molecule has 0 spiro atoms. The van der Waals surface area contributed by atoms with Crippen LogP contribution in [0.15, 0.2) is 23.4 Å². The number of hydrogen-bond acceptors (Lipinski definition) is 3. The van der Waals surface area contributed by atoms with E-state index in [4.69, 9.17) is 16.8 Å². The van der Waals surface area contributed by atoms with Crippen molar-refractivity contribution in [3.8, 4) is 5.75 Å². The van der Waals surface area contributed by atoms with Gasteiger partial charge in [-0.3, -0.25) is 0 Å². The number of phenolic OH excluding ortho intramolecular Hbond substituents is 1. The maximum absolute atomic E-state index is 9.59. The van der Waals surface area contributed by atoms with Crippen LogP contribution in [0.2, 0.25) is 5.02 Å². The highest BCUT2D eigenvalue weighted by atomic mass is 35.5. The molecule has 0 saturated heterocycles. The number of aromatic hydroxyl groups is 1. The summed E-state index contributed by atoms with van der Waals surface area (Å²) in [7, 11) is 0. The van der Waals surface area contributed by atoms with Gasteiger partial charge in [0, 0.05) is 10.6 Å². The molecule has 1 aromatic carbocycles. The van der Waals surface area contributed by atoms with Gasteiger partial charge in [-0.2, -0.15) is 0 Å². The number of phenols is 1. The molecule has 0 aromatic heterocycles. The minimum Gasteiger partial charge on any atom is -0.507 e. The lowest BCUT2D eigenvalue weighted by atomic mass is 10.0. The lowest BCUT2D eigenvalue weighted by molar-refractivity contribution is 0.317. The highest BCUT2D eigenvalue weighted by Gasteiger charge is 2.09. The number of nitrogens with zero attached hydrogens (tertiary/aromatic N) is 1. The zero-order chi connectivity index (χ0) is 11.3. The summed E-state index contributed by atoms with van der Waals surface area (Å²) in [4.78, 5) is 0. The molecule has 0 bridgehead atoms. The first-order chi connectivity index (χ1) is 7.19. The Morgan fingerprint density at radius 2 is 2.20 bits per heavy atom. The zero-order valence-corrected chi connectivity index (χ0v) is 9.33. The van der Waals surface area contributed by atoms with Gasteiger partial charge in [0.15, 0.2) is 0 Å². The second-order valence-corrected chi connectivity index (χ2v) is 3.75. The van der Waals surface area contributed by atoms with Gasteiger partial charge in [-0.25, -0.2) is 0 Å². The molecule has 15 heavy (non-hydrogen) atoms. The van der Waals surface area contributed by atoms with Crippen LogP contribution in [-0.4, -0.2) is 16.0 Å². The molecular formula is C11H14ClNO2. The summed E-state index contributed by atoms with van der Waals surface area (Å²) < 4.78 is 0. The minimum absolute atomic E-state index is 0.0864. The van der Waals surface area contributed by atoms with Crippen molar-refractivity contribution in [1.29, 1.82) is 0 Å². The number of oxime groups is 1. The second kappa shape index (κ2) is 5.61. The van der Waals surface area contributed by atoms with Crippen molar-refractivity contribution in [3.05, 3.63) is 28.8 Å². The summed E-state index contributed by atoms with van der Waals surface area (Å²) in [6, 6.07) is 4.69. The van der Waals surface area contributed by atoms with Gasteiger partial charge in [0.25, 0.3) is 0 Å². The van der Waals surface area contributed by atoms with Gasteiger partial charge in [-0.05, 0) is 31.0 Å². The maximum atomic E-state index is 9.59. The van der Waals surface area contributed by atoms with Crippen LogP contribution in [0.25, 0.3) is 0 Å². The van der Waals surface area contributed by atoms with Crippen LogP contribution in [0.5, 0.6) is 5.75 Å². The summed E-state index contributed by atoms with van der Waals surface area (Å²) >= 11 is 5.80. The Bertz CT molecular complexity index is 364. The lowest BCUT2D eigenvalue weighted by Gasteiger charge is -2.06. The standard InChI is InChI=1S/C11H14ClNO2/c1-2-3-4-10(13-15)9-7-8(12)5-6-11(9)14/h5-7,14-15H,2-4H2,1H3. The smallest absolute Gasteiger partial charge is 0.124 e. The Hall–Kier alpha value is -1.22. The molecule has 0 aliphatic heterocycles. The quantitative estimate of drug-likeness (QED) is 0.471. The van der Waals surface area contributed by atoms with E-state index in [1.807, 2.05) is 6.92 Å². The van der Waals surface area contributed by atoms with Crippen LogP contribution < -0.4 is 0 Å². The number of unbranched alkanes of at least 4 members (excludes halogenated alkanes) is 1. The predicted molar refractivity (Wildman–Crippen MR) is 61.0 cm³/mol. The monoisotopic (exact) mass is 227 g/mol. The maximum Gasteiger partial charge on any atom is 0.124 e. The van der Waals surface area contributed by atoms with Gasteiger partial charge in [-0.15, -0.1) is 0 Å². The summed E-state index contributed by atoms with van der Waals surface area (Å²) in [5.41, 5.74) is 0.968. The predicted octanol–water partition coefficient (Wildman–Crippen LogP) is 3.41. The third-order valence-electron chi connectivity index (χ3n) is 2.16. The van der Waals surface area contributed by atoms with Gasteiger partial charge in [0.2, 0.25) is 0 Å². The van der Waals surface area contributed by atoms with E-state index in [2.05, 4.69) is 5.16 Å². The van der Waals surface area contributed by atoms with Crippen molar-refractivity contribution in [2.24, 2.45) is 5.16 Å². The molecule has 0 radical (unpaired) electrons.